The standard InChI is InChI=1S/C14H20N2O2/c1-9(2)6-10(3)13-8-15-14-5-4-11(16(17)18)7-12(13)14/h4-5,7,9-10,13,15H,6,8H2,1-3H3. The van der Waals surface area contributed by atoms with Crippen molar-refractivity contribution in [3.8, 4) is 0 Å². The van der Waals surface area contributed by atoms with E-state index in [9.17, 15) is 10.1 Å². The molecule has 0 saturated heterocycles. The summed E-state index contributed by atoms with van der Waals surface area (Å²) in [7, 11) is 0. The van der Waals surface area contributed by atoms with Crippen molar-refractivity contribution in [3.63, 3.8) is 0 Å². The van der Waals surface area contributed by atoms with E-state index in [1.807, 2.05) is 6.07 Å². The Labute approximate surface area is 108 Å². The lowest BCUT2D eigenvalue weighted by molar-refractivity contribution is -0.384. The molecule has 0 fully saturated rings. The van der Waals surface area contributed by atoms with Crippen LogP contribution in [0, 0.1) is 22.0 Å². The van der Waals surface area contributed by atoms with Gasteiger partial charge in [-0.15, -0.1) is 0 Å². The van der Waals surface area contributed by atoms with Gasteiger partial charge in [0.1, 0.15) is 0 Å². The summed E-state index contributed by atoms with van der Waals surface area (Å²) in [5.74, 6) is 1.59. The molecule has 2 atom stereocenters. The van der Waals surface area contributed by atoms with Crippen LogP contribution in [0.3, 0.4) is 0 Å². The zero-order valence-electron chi connectivity index (χ0n) is 11.1. The van der Waals surface area contributed by atoms with Crippen LogP contribution in [0.5, 0.6) is 0 Å². The smallest absolute Gasteiger partial charge is 0.269 e. The second kappa shape index (κ2) is 4.96. The Bertz CT molecular complexity index is 457. The third-order valence-electron chi connectivity index (χ3n) is 3.69. The molecule has 1 aromatic rings. The lowest BCUT2D eigenvalue weighted by Crippen LogP contribution is -2.14. The molecular weight excluding hydrogens is 228 g/mol. The maximum absolute atomic E-state index is 10.8. The highest BCUT2D eigenvalue weighted by molar-refractivity contribution is 5.61. The average molecular weight is 248 g/mol. The molecule has 4 heteroatoms. The van der Waals surface area contributed by atoms with Gasteiger partial charge in [-0.05, 0) is 29.9 Å². The zero-order chi connectivity index (χ0) is 13.3. The number of nitrogens with one attached hydrogen (secondary N) is 1. The van der Waals surface area contributed by atoms with Crippen LogP contribution < -0.4 is 5.32 Å². The van der Waals surface area contributed by atoms with Gasteiger partial charge in [-0.2, -0.15) is 0 Å². The summed E-state index contributed by atoms with van der Waals surface area (Å²) in [5, 5.41) is 14.2. The summed E-state index contributed by atoms with van der Waals surface area (Å²) < 4.78 is 0. The Morgan fingerprint density at radius 1 is 1.44 bits per heavy atom. The summed E-state index contributed by atoms with van der Waals surface area (Å²) >= 11 is 0. The summed E-state index contributed by atoms with van der Waals surface area (Å²) in [6.07, 6.45) is 1.15. The van der Waals surface area contributed by atoms with Gasteiger partial charge in [0, 0.05) is 30.3 Å². The Hall–Kier alpha value is -1.58. The Morgan fingerprint density at radius 3 is 2.78 bits per heavy atom. The van der Waals surface area contributed by atoms with Crippen LogP contribution >= 0.6 is 0 Å². The molecule has 0 aromatic heterocycles. The topological polar surface area (TPSA) is 55.2 Å². The van der Waals surface area contributed by atoms with E-state index in [2.05, 4.69) is 26.1 Å². The molecule has 2 unspecified atom stereocenters. The number of hydrogen-bond acceptors (Lipinski definition) is 3. The van der Waals surface area contributed by atoms with Crippen molar-refractivity contribution >= 4 is 11.4 Å². The third kappa shape index (κ3) is 2.47. The van der Waals surface area contributed by atoms with Gasteiger partial charge in [0.15, 0.2) is 0 Å². The van der Waals surface area contributed by atoms with Crippen molar-refractivity contribution in [2.75, 3.05) is 11.9 Å². The number of rotatable bonds is 4. The summed E-state index contributed by atoms with van der Waals surface area (Å²) in [6.45, 7) is 7.56. The highest BCUT2D eigenvalue weighted by atomic mass is 16.6. The fourth-order valence-electron chi connectivity index (χ4n) is 2.88. The number of fused-ring (bicyclic) bond motifs is 1. The lowest BCUT2D eigenvalue weighted by Gasteiger charge is -2.21. The summed E-state index contributed by atoms with van der Waals surface area (Å²) in [4.78, 5) is 10.5. The Morgan fingerprint density at radius 2 is 2.17 bits per heavy atom. The van der Waals surface area contributed by atoms with Crippen molar-refractivity contribution < 1.29 is 4.92 Å². The minimum atomic E-state index is -0.317. The summed E-state index contributed by atoms with van der Waals surface area (Å²) in [6, 6.07) is 5.13. The highest BCUT2D eigenvalue weighted by Crippen LogP contribution is 2.40. The minimum Gasteiger partial charge on any atom is -0.384 e. The molecule has 18 heavy (non-hydrogen) atoms. The lowest BCUT2D eigenvalue weighted by atomic mass is 9.83. The number of benzene rings is 1. The van der Waals surface area contributed by atoms with Crippen LogP contribution in [0.25, 0.3) is 0 Å². The molecule has 0 spiro atoms. The van der Waals surface area contributed by atoms with Crippen LogP contribution in [0.4, 0.5) is 11.4 Å². The van der Waals surface area contributed by atoms with E-state index in [-0.39, 0.29) is 10.6 Å². The maximum atomic E-state index is 10.8. The van der Waals surface area contributed by atoms with E-state index < -0.39 is 0 Å². The van der Waals surface area contributed by atoms with Gasteiger partial charge in [0.2, 0.25) is 0 Å². The molecule has 98 valence electrons. The molecular formula is C14H20N2O2. The van der Waals surface area contributed by atoms with Crippen molar-refractivity contribution in [2.24, 2.45) is 11.8 Å². The SMILES string of the molecule is CC(C)CC(C)C1CNc2ccc([N+](=O)[O-])cc21. The van der Waals surface area contributed by atoms with Crippen molar-refractivity contribution in [1.29, 1.82) is 0 Å². The molecule has 2 rings (SSSR count). The van der Waals surface area contributed by atoms with Crippen LogP contribution in [-0.2, 0) is 0 Å². The van der Waals surface area contributed by atoms with Crippen LogP contribution in [0.2, 0.25) is 0 Å². The number of nitro benzene ring substituents is 1. The largest absolute Gasteiger partial charge is 0.384 e. The molecule has 1 aromatic carbocycles. The van der Waals surface area contributed by atoms with E-state index in [1.54, 1.807) is 12.1 Å². The van der Waals surface area contributed by atoms with Gasteiger partial charge in [-0.1, -0.05) is 20.8 Å². The normalized spacial score (nSPS) is 19.4. The van der Waals surface area contributed by atoms with E-state index in [4.69, 9.17) is 0 Å². The number of non-ortho nitro benzene ring substituents is 1. The second-order valence-corrected chi connectivity index (χ2v) is 5.62. The molecule has 1 N–H and O–H groups in total. The van der Waals surface area contributed by atoms with Crippen LogP contribution in [-0.4, -0.2) is 11.5 Å². The number of nitrogens with zero attached hydrogens (tertiary/aromatic N) is 1. The maximum Gasteiger partial charge on any atom is 0.269 e. The first-order valence-corrected chi connectivity index (χ1v) is 6.51. The second-order valence-electron chi connectivity index (χ2n) is 5.62. The molecule has 0 radical (unpaired) electrons. The number of nitro groups is 1. The number of hydrogen-bond donors (Lipinski definition) is 1. The predicted octanol–water partition coefficient (Wildman–Crippen LogP) is 3.79. The number of anilines is 1. The molecule has 0 aliphatic carbocycles. The summed E-state index contributed by atoms with van der Waals surface area (Å²) in [5.41, 5.74) is 2.36. The highest BCUT2D eigenvalue weighted by Gasteiger charge is 2.29. The zero-order valence-corrected chi connectivity index (χ0v) is 11.1. The molecule has 4 nitrogen and oxygen atoms in total. The molecule has 0 bridgehead atoms. The fraction of sp³-hybridized carbons (Fsp3) is 0.571. The van der Waals surface area contributed by atoms with Crippen molar-refractivity contribution in [1.82, 2.24) is 0 Å². The predicted molar refractivity (Wildman–Crippen MR) is 72.9 cm³/mol. The fourth-order valence-corrected chi connectivity index (χ4v) is 2.88. The Balaban J connectivity index is 2.25. The molecule has 1 aliphatic heterocycles. The molecule has 0 saturated carbocycles. The van der Waals surface area contributed by atoms with E-state index in [0.29, 0.717) is 17.8 Å². The molecule has 0 amide bonds. The van der Waals surface area contributed by atoms with Gasteiger partial charge in [-0.3, -0.25) is 10.1 Å². The van der Waals surface area contributed by atoms with Crippen molar-refractivity contribution in [3.05, 3.63) is 33.9 Å². The average Bonchev–Trinajstić information content (AvgIpc) is 2.70. The minimum absolute atomic E-state index is 0.194. The quantitative estimate of drug-likeness (QED) is 0.651. The van der Waals surface area contributed by atoms with Gasteiger partial charge in [0.05, 0.1) is 4.92 Å². The molecule has 1 aliphatic rings. The van der Waals surface area contributed by atoms with E-state index in [1.165, 1.54) is 0 Å². The monoisotopic (exact) mass is 248 g/mol. The Kier molecular flexibility index (Phi) is 3.55. The van der Waals surface area contributed by atoms with Gasteiger partial charge < -0.3 is 5.32 Å². The third-order valence-corrected chi connectivity index (χ3v) is 3.69. The first kappa shape index (κ1) is 12.9. The van der Waals surface area contributed by atoms with Crippen molar-refractivity contribution in [2.45, 2.75) is 33.1 Å². The van der Waals surface area contributed by atoms with Gasteiger partial charge in [0.25, 0.3) is 5.69 Å². The van der Waals surface area contributed by atoms with E-state index in [0.717, 1.165) is 24.2 Å². The first-order valence-electron chi connectivity index (χ1n) is 6.51. The van der Waals surface area contributed by atoms with Crippen LogP contribution in [0.1, 0.15) is 38.7 Å². The van der Waals surface area contributed by atoms with Gasteiger partial charge in [-0.25, -0.2) is 0 Å². The van der Waals surface area contributed by atoms with Crippen LogP contribution in [0.15, 0.2) is 18.2 Å². The van der Waals surface area contributed by atoms with Gasteiger partial charge >= 0.3 is 0 Å². The van der Waals surface area contributed by atoms with E-state index >= 15 is 0 Å². The first-order chi connectivity index (χ1) is 8.49. The molecule has 1 heterocycles.